The molecule has 140 valence electrons. The van der Waals surface area contributed by atoms with Gasteiger partial charge >= 0.3 is 12.1 Å². The third-order valence-corrected chi connectivity index (χ3v) is 5.57. The average Bonchev–Trinajstić information content (AvgIpc) is 3.20. The highest BCUT2D eigenvalue weighted by Gasteiger charge is 2.59. The number of hydrogen-bond donors (Lipinski definition) is 2. The standard InChI is InChI=1S/C16H15F3N2O4S/c17-16(18,19)15(25,14-20-9-4-1-2-6-11(9)26-14)8-12(22)21-7-3-5-10(21)13(23)24/h1-2,4,6,10,25H,3,5,7-8H2,(H,23,24). The van der Waals surface area contributed by atoms with Gasteiger partial charge in [0, 0.05) is 6.54 Å². The molecule has 1 fully saturated rings. The number of amides is 1. The van der Waals surface area contributed by atoms with Crippen molar-refractivity contribution in [1.29, 1.82) is 0 Å². The summed E-state index contributed by atoms with van der Waals surface area (Å²) in [5.74, 6) is -2.33. The van der Waals surface area contributed by atoms with Gasteiger partial charge in [-0.3, -0.25) is 4.79 Å². The molecule has 0 spiro atoms. The molecule has 0 saturated carbocycles. The molecule has 2 unspecified atom stereocenters. The molecule has 2 atom stereocenters. The maximum atomic E-state index is 13.7. The van der Waals surface area contributed by atoms with Gasteiger partial charge in [0.25, 0.3) is 0 Å². The number of aliphatic carboxylic acids is 1. The smallest absolute Gasteiger partial charge is 0.424 e. The number of carboxylic acid groups (broad SMARTS) is 1. The highest BCUT2D eigenvalue weighted by molar-refractivity contribution is 7.18. The summed E-state index contributed by atoms with van der Waals surface area (Å²) in [6.45, 7) is 0.0452. The lowest BCUT2D eigenvalue weighted by molar-refractivity contribution is -0.268. The van der Waals surface area contributed by atoms with Crippen molar-refractivity contribution < 1.29 is 33.0 Å². The molecule has 26 heavy (non-hydrogen) atoms. The first-order valence-corrected chi connectivity index (χ1v) is 8.62. The minimum atomic E-state index is -5.14. The van der Waals surface area contributed by atoms with E-state index >= 15 is 0 Å². The molecule has 1 aromatic heterocycles. The largest absolute Gasteiger partial charge is 0.480 e. The Hall–Kier alpha value is -2.20. The number of hydrogen-bond acceptors (Lipinski definition) is 5. The lowest BCUT2D eigenvalue weighted by Crippen LogP contribution is -2.49. The molecule has 2 aromatic rings. The number of aliphatic hydroxyl groups is 1. The van der Waals surface area contributed by atoms with Gasteiger partial charge in [-0.15, -0.1) is 11.3 Å². The van der Waals surface area contributed by atoms with Gasteiger partial charge in [-0.1, -0.05) is 12.1 Å². The number of aromatic nitrogens is 1. The topological polar surface area (TPSA) is 90.7 Å². The van der Waals surface area contributed by atoms with Crippen molar-refractivity contribution >= 4 is 33.4 Å². The van der Waals surface area contributed by atoms with E-state index < -0.39 is 41.1 Å². The molecule has 6 nitrogen and oxygen atoms in total. The highest BCUT2D eigenvalue weighted by Crippen LogP contribution is 2.44. The van der Waals surface area contributed by atoms with Crippen LogP contribution in [0.1, 0.15) is 24.3 Å². The normalized spacial score (nSPS) is 20.3. The quantitative estimate of drug-likeness (QED) is 0.840. The summed E-state index contributed by atoms with van der Waals surface area (Å²) in [6, 6.07) is 5.13. The molecule has 0 aliphatic carbocycles. The first-order valence-electron chi connectivity index (χ1n) is 7.81. The van der Waals surface area contributed by atoms with Crippen LogP contribution in [0.5, 0.6) is 0 Å². The van der Waals surface area contributed by atoms with E-state index in [-0.39, 0.29) is 18.5 Å². The Kier molecular flexibility index (Phi) is 4.65. The van der Waals surface area contributed by atoms with Crippen LogP contribution >= 0.6 is 11.3 Å². The predicted molar refractivity (Wildman–Crippen MR) is 86.6 cm³/mol. The minimum Gasteiger partial charge on any atom is -0.480 e. The van der Waals surface area contributed by atoms with Gasteiger partial charge in [-0.25, -0.2) is 9.78 Å². The second-order valence-corrected chi connectivity index (χ2v) is 7.14. The van der Waals surface area contributed by atoms with E-state index in [1.165, 1.54) is 6.07 Å². The van der Waals surface area contributed by atoms with Crippen molar-refractivity contribution in [2.75, 3.05) is 6.54 Å². The molecule has 1 aliphatic rings. The number of thiazole rings is 1. The van der Waals surface area contributed by atoms with Gasteiger partial charge < -0.3 is 15.1 Å². The minimum absolute atomic E-state index is 0.0452. The van der Waals surface area contributed by atoms with Crippen molar-refractivity contribution in [2.45, 2.75) is 37.1 Å². The highest BCUT2D eigenvalue weighted by atomic mass is 32.1. The SMILES string of the molecule is O=C(O)C1CCCN1C(=O)CC(O)(c1nc2ccccc2s1)C(F)(F)F. The van der Waals surface area contributed by atoms with E-state index in [1.807, 2.05) is 0 Å². The summed E-state index contributed by atoms with van der Waals surface area (Å²) in [4.78, 5) is 28.3. The number of nitrogens with zero attached hydrogens (tertiary/aromatic N) is 2. The number of carbonyl (C=O) groups is 2. The summed E-state index contributed by atoms with van der Waals surface area (Å²) >= 11 is 0.655. The van der Waals surface area contributed by atoms with Gasteiger partial charge in [-0.2, -0.15) is 13.2 Å². The van der Waals surface area contributed by atoms with Gasteiger partial charge in [0.1, 0.15) is 11.0 Å². The monoisotopic (exact) mass is 388 g/mol. The second kappa shape index (κ2) is 6.51. The predicted octanol–water partition coefficient (Wildman–Crippen LogP) is 2.51. The van der Waals surface area contributed by atoms with Crippen LogP contribution in [-0.4, -0.2) is 50.7 Å². The number of rotatable bonds is 4. The van der Waals surface area contributed by atoms with Crippen molar-refractivity contribution in [3.8, 4) is 0 Å². The Bertz CT molecular complexity index is 820. The first kappa shape index (κ1) is 18.6. The van der Waals surface area contributed by atoms with Gasteiger partial charge in [0.2, 0.25) is 11.5 Å². The Morgan fingerprint density at radius 1 is 1.31 bits per heavy atom. The number of carbonyl (C=O) groups excluding carboxylic acids is 1. The van der Waals surface area contributed by atoms with Crippen LogP contribution in [0.2, 0.25) is 0 Å². The number of halogens is 3. The van der Waals surface area contributed by atoms with E-state index in [0.29, 0.717) is 22.5 Å². The van der Waals surface area contributed by atoms with Crippen molar-refractivity contribution in [1.82, 2.24) is 9.88 Å². The summed E-state index contributed by atoms with van der Waals surface area (Å²) in [5, 5.41) is 18.9. The van der Waals surface area contributed by atoms with Crippen LogP contribution in [0, 0.1) is 0 Å². The number of likely N-dealkylation sites (tertiary alicyclic amines) is 1. The molecule has 0 radical (unpaired) electrons. The zero-order valence-electron chi connectivity index (χ0n) is 13.4. The molecule has 2 N–H and O–H groups in total. The Morgan fingerprint density at radius 3 is 2.62 bits per heavy atom. The maximum Gasteiger partial charge on any atom is 0.424 e. The number of fused-ring (bicyclic) bond motifs is 1. The zero-order valence-corrected chi connectivity index (χ0v) is 14.2. The molecule has 2 heterocycles. The molecule has 1 aliphatic heterocycles. The fraction of sp³-hybridized carbons (Fsp3) is 0.438. The zero-order chi connectivity index (χ0) is 19.1. The third-order valence-electron chi connectivity index (χ3n) is 4.38. The van der Waals surface area contributed by atoms with Gasteiger partial charge in [-0.05, 0) is 25.0 Å². The Balaban J connectivity index is 1.95. The lowest BCUT2D eigenvalue weighted by atomic mass is 9.98. The van der Waals surface area contributed by atoms with Crippen molar-refractivity contribution in [3.63, 3.8) is 0 Å². The van der Waals surface area contributed by atoms with Gasteiger partial charge in [0.15, 0.2) is 0 Å². The molecule has 10 heteroatoms. The molecule has 1 amide bonds. The average molecular weight is 388 g/mol. The van der Waals surface area contributed by atoms with Gasteiger partial charge in [0.05, 0.1) is 16.6 Å². The second-order valence-electron chi connectivity index (χ2n) is 6.10. The molecule has 0 bridgehead atoms. The Labute approximate surface area is 149 Å². The van der Waals surface area contributed by atoms with Crippen LogP contribution in [0.4, 0.5) is 13.2 Å². The van der Waals surface area contributed by atoms with Crippen LogP contribution in [0.25, 0.3) is 10.2 Å². The van der Waals surface area contributed by atoms with E-state index in [4.69, 9.17) is 5.11 Å². The van der Waals surface area contributed by atoms with E-state index in [1.54, 1.807) is 18.2 Å². The van der Waals surface area contributed by atoms with Crippen molar-refractivity contribution in [2.24, 2.45) is 0 Å². The Morgan fingerprint density at radius 2 is 2.00 bits per heavy atom. The number of benzene rings is 1. The van der Waals surface area contributed by atoms with Crippen LogP contribution in [0.15, 0.2) is 24.3 Å². The van der Waals surface area contributed by atoms with E-state index in [0.717, 1.165) is 4.90 Å². The number of alkyl halides is 3. The first-order chi connectivity index (χ1) is 12.1. The maximum absolute atomic E-state index is 13.7. The fourth-order valence-corrected chi connectivity index (χ4v) is 4.06. The molecule has 1 aromatic carbocycles. The van der Waals surface area contributed by atoms with E-state index in [2.05, 4.69) is 4.98 Å². The van der Waals surface area contributed by atoms with Crippen LogP contribution in [-0.2, 0) is 15.2 Å². The molecular formula is C16H15F3N2O4S. The van der Waals surface area contributed by atoms with Crippen LogP contribution < -0.4 is 0 Å². The summed E-state index contributed by atoms with van der Waals surface area (Å²) in [5.41, 5.74) is -3.19. The number of para-hydroxylation sites is 1. The van der Waals surface area contributed by atoms with Crippen molar-refractivity contribution in [3.05, 3.63) is 29.3 Å². The molecule has 1 saturated heterocycles. The summed E-state index contributed by atoms with van der Waals surface area (Å²) in [6.07, 6.45) is -5.89. The lowest BCUT2D eigenvalue weighted by Gasteiger charge is -2.30. The molecule has 3 rings (SSSR count). The third kappa shape index (κ3) is 3.14. The number of carboxylic acids is 1. The summed E-state index contributed by atoms with van der Waals surface area (Å²) < 4.78 is 41.4. The fourth-order valence-electron chi connectivity index (χ4n) is 2.99. The molecular weight excluding hydrogens is 373 g/mol. The summed E-state index contributed by atoms with van der Waals surface area (Å²) in [7, 11) is 0. The van der Waals surface area contributed by atoms with E-state index in [9.17, 15) is 27.9 Å². The van der Waals surface area contributed by atoms with Crippen LogP contribution in [0.3, 0.4) is 0 Å².